The van der Waals surface area contributed by atoms with Gasteiger partial charge in [0.05, 0.1) is 5.60 Å². The summed E-state index contributed by atoms with van der Waals surface area (Å²) in [6, 6.07) is 0. The number of allylic oxidation sites excluding steroid dienone is 2. The minimum absolute atomic E-state index is 0.307. The van der Waals surface area contributed by atoms with Crippen molar-refractivity contribution in [3.63, 3.8) is 0 Å². The van der Waals surface area contributed by atoms with Crippen molar-refractivity contribution in [1.82, 2.24) is 0 Å². The van der Waals surface area contributed by atoms with Gasteiger partial charge in [0.1, 0.15) is 0 Å². The van der Waals surface area contributed by atoms with Gasteiger partial charge in [-0.15, -0.1) is 0 Å². The summed E-state index contributed by atoms with van der Waals surface area (Å²) < 4.78 is 0. The molecule has 1 rings (SSSR count). The number of rotatable bonds is 9. The van der Waals surface area contributed by atoms with Crippen LogP contribution in [0.1, 0.15) is 100 Å². The van der Waals surface area contributed by atoms with Crippen LogP contribution in [0.3, 0.4) is 0 Å². The van der Waals surface area contributed by atoms with Crippen molar-refractivity contribution < 1.29 is 5.11 Å². The Kier molecular flexibility index (Phi) is 8.26. The van der Waals surface area contributed by atoms with Crippen molar-refractivity contribution in [2.45, 2.75) is 106 Å². The SMILES string of the molecule is CCCC1C(C)=C(CC)C(CC(C)C)=C(CC(C)C)C1(O)CCC. The van der Waals surface area contributed by atoms with E-state index in [1.54, 1.807) is 5.57 Å². The summed E-state index contributed by atoms with van der Waals surface area (Å²) in [5.74, 6) is 1.52. The van der Waals surface area contributed by atoms with Crippen LogP contribution in [0, 0.1) is 17.8 Å². The lowest BCUT2D eigenvalue weighted by Crippen LogP contribution is -2.44. The highest BCUT2D eigenvalue weighted by Crippen LogP contribution is 2.50. The zero-order valence-corrected chi connectivity index (χ0v) is 17.6. The van der Waals surface area contributed by atoms with E-state index in [0.29, 0.717) is 17.8 Å². The fourth-order valence-corrected chi connectivity index (χ4v) is 4.77. The highest BCUT2D eigenvalue weighted by Gasteiger charge is 2.45. The Morgan fingerprint density at radius 3 is 1.92 bits per heavy atom. The van der Waals surface area contributed by atoms with Gasteiger partial charge >= 0.3 is 0 Å². The monoisotopic (exact) mass is 334 g/mol. The first-order chi connectivity index (χ1) is 11.2. The Labute approximate surface area is 151 Å². The predicted octanol–water partition coefficient (Wildman–Crippen LogP) is 7.06. The smallest absolute Gasteiger partial charge is 0.0927 e. The highest BCUT2D eigenvalue weighted by atomic mass is 16.3. The molecule has 2 unspecified atom stereocenters. The molecule has 1 nitrogen and oxygen atoms in total. The average Bonchev–Trinajstić information content (AvgIpc) is 2.48. The third-order valence-electron chi connectivity index (χ3n) is 5.61. The molecule has 0 bridgehead atoms. The van der Waals surface area contributed by atoms with E-state index in [4.69, 9.17) is 0 Å². The molecule has 1 aliphatic rings. The predicted molar refractivity (Wildman–Crippen MR) is 107 cm³/mol. The molecule has 1 aliphatic carbocycles. The first kappa shape index (κ1) is 21.5. The minimum atomic E-state index is -0.623. The molecule has 1 heteroatoms. The molecule has 0 saturated heterocycles. The molecule has 0 aromatic heterocycles. The summed E-state index contributed by atoms with van der Waals surface area (Å²) >= 11 is 0. The van der Waals surface area contributed by atoms with Gasteiger partial charge in [-0.3, -0.25) is 0 Å². The van der Waals surface area contributed by atoms with Crippen molar-refractivity contribution in [3.05, 3.63) is 22.3 Å². The fourth-order valence-electron chi connectivity index (χ4n) is 4.77. The summed E-state index contributed by atoms with van der Waals surface area (Å²) in [5.41, 5.74) is 5.29. The van der Waals surface area contributed by atoms with Crippen LogP contribution in [-0.2, 0) is 0 Å². The van der Waals surface area contributed by atoms with E-state index in [-0.39, 0.29) is 0 Å². The van der Waals surface area contributed by atoms with Gasteiger partial charge in [0, 0.05) is 5.92 Å². The van der Waals surface area contributed by atoms with Gasteiger partial charge in [-0.2, -0.15) is 0 Å². The molecular weight excluding hydrogens is 292 g/mol. The van der Waals surface area contributed by atoms with E-state index in [9.17, 15) is 5.11 Å². The molecule has 0 amide bonds. The molecule has 0 saturated carbocycles. The van der Waals surface area contributed by atoms with Crippen LogP contribution >= 0.6 is 0 Å². The van der Waals surface area contributed by atoms with Gasteiger partial charge in [0.2, 0.25) is 0 Å². The van der Waals surface area contributed by atoms with Crippen LogP contribution in [-0.4, -0.2) is 10.7 Å². The zero-order chi connectivity index (χ0) is 18.5. The Morgan fingerprint density at radius 2 is 1.50 bits per heavy atom. The molecule has 1 N–H and O–H groups in total. The van der Waals surface area contributed by atoms with Gasteiger partial charge < -0.3 is 5.11 Å². The summed E-state index contributed by atoms with van der Waals surface area (Å²) in [5, 5.41) is 11.9. The third kappa shape index (κ3) is 4.54. The molecule has 0 aromatic carbocycles. The first-order valence-electron chi connectivity index (χ1n) is 10.4. The van der Waals surface area contributed by atoms with Crippen LogP contribution < -0.4 is 0 Å². The van der Waals surface area contributed by atoms with Gasteiger partial charge in [-0.1, -0.05) is 66.9 Å². The number of hydrogen-bond acceptors (Lipinski definition) is 1. The lowest BCUT2D eigenvalue weighted by Gasteiger charge is -2.46. The Morgan fingerprint density at radius 1 is 0.917 bits per heavy atom. The molecule has 140 valence electrons. The van der Waals surface area contributed by atoms with Gasteiger partial charge in [0.25, 0.3) is 0 Å². The largest absolute Gasteiger partial charge is 0.385 e. The molecule has 24 heavy (non-hydrogen) atoms. The Balaban J connectivity index is 3.61. The van der Waals surface area contributed by atoms with Crippen molar-refractivity contribution >= 4 is 0 Å². The Bertz CT molecular complexity index is 466. The van der Waals surface area contributed by atoms with Crippen LogP contribution in [0.4, 0.5) is 0 Å². The molecule has 2 atom stereocenters. The van der Waals surface area contributed by atoms with Crippen LogP contribution in [0.5, 0.6) is 0 Å². The van der Waals surface area contributed by atoms with Crippen molar-refractivity contribution in [2.24, 2.45) is 17.8 Å². The van der Waals surface area contributed by atoms with Gasteiger partial charge in [-0.25, -0.2) is 0 Å². The normalized spacial score (nSPS) is 25.4. The molecule has 0 spiro atoms. The lowest BCUT2D eigenvalue weighted by atomic mass is 9.62. The maximum atomic E-state index is 11.9. The molecule has 0 aliphatic heterocycles. The number of aliphatic hydroxyl groups is 1. The second kappa shape index (κ2) is 9.22. The van der Waals surface area contributed by atoms with Crippen LogP contribution in [0.15, 0.2) is 22.3 Å². The summed E-state index contributed by atoms with van der Waals surface area (Å²) in [4.78, 5) is 0. The first-order valence-corrected chi connectivity index (χ1v) is 10.4. The lowest BCUT2D eigenvalue weighted by molar-refractivity contribution is 0.00980. The standard InChI is InChI=1S/C23H42O/c1-9-12-21-18(8)19(11-3)20(14-16(4)5)22(15-17(6)7)23(21,24)13-10-2/h16-17,21,24H,9-15H2,1-8H3. The van der Waals surface area contributed by atoms with E-state index < -0.39 is 5.60 Å². The maximum Gasteiger partial charge on any atom is 0.0927 e. The Hall–Kier alpha value is -0.560. The van der Waals surface area contributed by atoms with Crippen molar-refractivity contribution in [3.8, 4) is 0 Å². The summed E-state index contributed by atoms with van der Waals surface area (Å²) in [6.07, 6.45) is 7.42. The van der Waals surface area contributed by atoms with E-state index in [1.165, 1.54) is 16.7 Å². The second-order valence-corrected chi connectivity index (χ2v) is 8.68. The van der Waals surface area contributed by atoms with Gasteiger partial charge in [-0.05, 0) is 67.6 Å². The van der Waals surface area contributed by atoms with Crippen molar-refractivity contribution in [2.75, 3.05) is 0 Å². The molecule has 0 aromatic rings. The van der Waals surface area contributed by atoms with E-state index in [2.05, 4.69) is 55.4 Å². The minimum Gasteiger partial charge on any atom is -0.385 e. The van der Waals surface area contributed by atoms with Crippen molar-refractivity contribution in [1.29, 1.82) is 0 Å². The topological polar surface area (TPSA) is 20.2 Å². The van der Waals surface area contributed by atoms with Crippen LogP contribution in [0.2, 0.25) is 0 Å². The highest BCUT2D eigenvalue weighted by molar-refractivity contribution is 5.48. The third-order valence-corrected chi connectivity index (χ3v) is 5.61. The zero-order valence-electron chi connectivity index (χ0n) is 17.6. The number of hydrogen-bond donors (Lipinski definition) is 1. The van der Waals surface area contributed by atoms with E-state index in [1.807, 2.05) is 0 Å². The summed E-state index contributed by atoms with van der Waals surface area (Å²) in [6.45, 7) is 18.2. The molecule has 0 heterocycles. The second-order valence-electron chi connectivity index (χ2n) is 8.68. The fraction of sp³-hybridized carbons (Fsp3) is 0.826. The quantitative estimate of drug-likeness (QED) is 0.478. The molecule has 0 radical (unpaired) electrons. The maximum absolute atomic E-state index is 11.9. The van der Waals surface area contributed by atoms with Crippen LogP contribution in [0.25, 0.3) is 0 Å². The van der Waals surface area contributed by atoms with E-state index in [0.717, 1.165) is 44.9 Å². The molecular formula is C23H42O. The average molecular weight is 335 g/mol. The van der Waals surface area contributed by atoms with Gasteiger partial charge in [0.15, 0.2) is 0 Å². The van der Waals surface area contributed by atoms with E-state index >= 15 is 0 Å². The summed E-state index contributed by atoms with van der Waals surface area (Å²) in [7, 11) is 0. The molecule has 0 fully saturated rings.